The molecule has 0 atom stereocenters. The Bertz CT molecular complexity index is 1120. The maximum atomic E-state index is 13.0. The summed E-state index contributed by atoms with van der Waals surface area (Å²) in [4.78, 5) is 6.51. The maximum absolute atomic E-state index is 13.0. The van der Waals surface area contributed by atoms with Gasteiger partial charge in [-0.25, -0.2) is 4.98 Å². The Balaban J connectivity index is 1.91. The third-order valence-corrected chi connectivity index (χ3v) is 5.23. The van der Waals surface area contributed by atoms with Gasteiger partial charge in [-0.2, -0.15) is 0 Å². The molecular weight excluding hydrogens is 411 g/mol. The highest BCUT2D eigenvalue weighted by molar-refractivity contribution is 6.02. The number of alkyl halides is 3. The molecule has 31 heavy (non-hydrogen) atoms. The number of halogens is 3. The van der Waals surface area contributed by atoms with Crippen LogP contribution in [0, 0.1) is 6.92 Å². The Morgan fingerprint density at radius 3 is 2.74 bits per heavy atom. The predicted octanol–water partition coefficient (Wildman–Crippen LogP) is 4.64. The summed E-state index contributed by atoms with van der Waals surface area (Å²) in [7, 11) is 0. The Labute approximate surface area is 176 Å². The normalized spacial score (nSPS) is 13.5. The van der Waals surface area contributed by atoms with Gasteiger partial charge in [-0.05, 0) is 49.6 Å². The van der Waals surface area contributed by atoms with E-state index in [0.29, 0.717) is 37.1 Å². The zero-order valence-electron chi connectivity index (χ0n) is 16.8. The molecule has 0 unspecified atom stereocenters. The zero-order chi connectivity index (χ0) is 22.2. The number of phenolic OH excluding ortho intramolecular Hbond substituents is 1. The van der Waals surface area contributed by atoms with Crippen LogP contribution in [-0.2, 0) is 6.42 Å². The van der Waals surface area contributed by atoms with Crippen LogP contribution < -0.4 is 15.0 Å². The molecule has 3 aromatic rings. The van der Waals surface area contributed by atoms with Gasteiger partial charge in [-0.3, -0.25) is 0 Å². The number of aromatic hydroxyl groups is 1. The van der Waals surface area contributed by atoms with Crippen molar-refractivity contribution in [2.75, 3.05) is 29.9 Å². The lowest BCUT2D eigenvalue weighted by Gasteiger charge is -2.24. The largest absolute Gasteiger partial charge is 0.573 e. The molecule has 0 aliphatic carbocycles. The summed E-state index contributed by atoms with van der Waals surface area (Å²) >= 11 is 0. The van der Waals surface area contributed by atoms with Gasteiger partial charge in [-0.15, -0.1) is 13.2 Å². The number of pyridine rings is 1. The molecule has 0 amide bonds. The molecule has 2 heterocycles. The van der Waals surface area contributed by atoms with Gasteiger partial charge >= 0.3 is 6.36 Å². The minimum atomic E-state index is -4.84. The maximum Gasteiger partial charge on any atom is 0.573 e. The fourth-order valence-corrected chi connectivity index (χ4v) is 3.99. The summed E-state index contributed by atoms with van der Waals surface area (Å²) < 4.78 is 43.2. The van der Waals surface area contributed by atoms with E-state index in [1.807, 2.05) is 11.8 Å². The third-order valence-electron chi connectivity index (χ3n) is 5.23. The van der Waals surface area contributed by atoms with Crippen molar-refractivity contribution in [2.24, 2.45) is 0 Å². The summed E-state index contributed by atoms with van der Waals surface area (Å²) in [5, 5.41) is 22.6. The van der Waals surface area contributed by atoms with E-state index in [0.717, 1.165) is 22.5 Å². The van der Waals surface area contributed by atoms with Crippen molar-refractivity contribution in [1.29, 1.82) is 0 Å². The van der Waals surface area contributed by atoms with Crippen LogP contribution in [0.4, 0.5) is 30.4 Å². The molecule has 0 bridgehead atoms. The second-order valence-electron chi connectivity index (χ2n) is 7.36. The number of para-hydroxylation sites is 1. The second kappa shape index (κ2) is 8.14. The molecule has 6 nitrogen and oxygen atoms in total. The van der Waals surface area contributed by atoms with Crippen LogP contribution in [-0.4, -0.2) is 41.3 Å². The van der Waals surface area contributed by atoms with Gasteiger partial charge in [0.2, 0.25) is 0 Å². The average Bonchev–Trinajstić information content (AvgIpc) is 3.13. The monoisotopic (exact) mass is 433 g/mol. The average molecular weight is 433 g/mol. The fourth-order valence-electron chi connectivity index (χ4n) is 3.99. The first-order valence-electron chi connectivity index (χ1n) is 9.91. The van der Waals surface area contributed by atoms with Gasteiger partial charge in [0.15, 0.2) is 5.75 Å². The highest BCUT2D eigenvalue weighted by atomic mass is 19.4. The summed E-state index contributed by atoms with van der Waals surface area (Å²) in [6.07, 6.45) is -3.72. The number of benzene rings is 2. The van der Waals surface area contributed by atoms with Gasteiger partial charge in [0.1, 0.15) is 17.1 Å². The lowest BCUT2D eigenvalue weighted by molar-refractivity contribution is -0.274. The van der Waals surface area contributed by atoms with Crippen molar-refractivity contribution in [3.8, 4) is 11.5 Å². The number of rotatable bonds is 6. The minimum Gasteiger partial charge on any atom is -0.508 e. The topological polar surface area (TPSA) is 77.9 Å². The number of hydrogen-bond acceptors (Lipinski definition) is 6. The van der Waals surface area contributed by atoms with E-state index in [1.165, 1.54) is 12.1 Å². The summed E-state index contributed by atoms with van der Waals surface area (Å²) in [6, 6.07) is 9.52. The molecule has 2 aromatic carbocycles. The molecular formula is C22H22F3N3O3. The Kier molecular flexibility index (Phi) is 5.53. The van der Waals surface area contributed by atoms with Crippen LogP contribution in [0.25, 0.3) is 10.9 Å². The van der Waals surface area contributed by atoms with Crippen molar-refractivity contribution in [1.82, 2.24) is 4.98 Å². The first-order valence-corrected chi connectivity index (χ1v) is 9.91. The number of anilines is 3. The molecule has 1 aliphatic rings. The van der Waals surface area contributed by atoms with Crippen molar-refractivity contribution in [3.63, 3.8) is 0 Å². The molecule has 0 saturated heterocycles. The predicted molar refractivity (Wildman–Crippen MR) is 112 cm³/mol. The smallest absolute Gasteiger partial charge is 0.508 e. The van der Waals surface area contributed by atoms with E-state index in [9.17, 15) is 18.3 Å². The van der Waals surface area contributed by atoms with Crippen LogP contribution in [0.1, 0.15) is 17.5 Å². The Morgan fingerprint density at radius 2 is 2.03 bits per heavy atom. The molecule has 0 radical (unpaired) electrons. The van der Waals surface area contributed by atoms with Crippen LogP contribution in [0.3, 0.4) is 0 Å². The molecule has 1 aliphatic heterocycles. The number of nitrogens with one attached hydrogen (secondary N) is 1. The number of phenols is 1. The van der Waals surface area contributed by atoms with Crippen molar-refractivity contribution < 1.29 is 28.1 Å². The number of ether oxygens (including phenoxy) is 1. The van der Waals surface area contributed by atoms with E-state index >= 15 is 0 Å². The number of aryl methyl sites for hydroxylation is 1. The molecule has 9 heteroatoms. The van der Waals surface area contributed by atoms with Gasteiger partial charge in [-0.1, -0.05) is 12.1 Å². The van der Waals surface area contributed by atoms with Gasteiger partial charge in [0, 0.05) is 36.3 Å². The zero-order valence-corrected chi connectivity index (χ0v) is 16.8. The summed E-state index contributed by atoms with van der Waals surface area (Å²) in [5.41, 5.74) is 3.45. The van der Waals surface area contributed by atoms with E-state index in [2.05, 4.69) is 15.0 Å². The second-order valence-corrected chi connectivity index (χ2v) is 7.36. The molecule has 0 spiro atoms. The van der Waals surface area contributed by atoms with E-state index < -0.39 is 6.36 Å². The van der Waals surface area contributed by atoms with E-state index in [-0.39, 0.29) is 23.6 Å². The third kappa shape index (κ3) is 4.18. The number of hydrogen-bond donors (Lipinski definition) is 3. The summed E-state index contributed by atoms with van der Waals surface area (Å²) in [6.45, 7) is 2.90. The molecule has 0 saturated carbocycles. The quantitative estimate of drug-likeness (QED) is 0.492. The van der Waals surface area contributed by atoms with E-state index in [4.69, 9.17) is 5.11 Å². The van der Waals surface area contributed by atoms with Crippen LogP contribution in [0.2, 0.25) is 0 Å². The highest BCUT2D eigenvalue weighted by Gasteiger charge is 2.34. The number of fused-ring (bicyclic) bond motifs is 3. The lowest BCUT2D eigenvalue weighted by atomic mass is 10.1. The van der Waals surface area contributed by atoms with E-state index in [1.54, 1.807) is 24.3 Å². The first kappa shape index (κ1) is 21.0. The number of aromatic nitrogens is 1. The molecule has 3 N–H and O–H groups in total. The van der Waals surface area contributed by atoms with Gasteiger partial charge in [0.05, 0.1) is 5.69 Å². The van der Waals surface area contributed by atoms with Gasteiger partial charge < -0.3 is 25.2 Å². The van der Waals surface area contributed by atoms with Crippen molar-refractivity contribution in [2.45, 2.75) is 26.1 Å². The Morgan fingerprint density at radius 1 is 1.23 bits per heavy atom. The van der Waals surface area contributed by atoms with Crippen LogP contribution in [0.15, 0.2) is 36.4 Å². The molecule has 164 valence electrons. The molecule has 1 aromatic heterocycles. The van der Waals surface area contributed by atoms with Crippen molar-refractivity contribution in [3.05, 3.63) is 47.5 Å². The Hall–Kier alpha value is -3.20. The number of aliphatic hydroxyl groups is 1. The standard InChI is InChI=1S/C22H22F3N3O3/c1-13-12-14(30)6-7-17(13)28-10-8-16-20(28)15-4-2-5-18(31-22(23,24)25)19(15)27-21(16)26-9-3-11-29/h2,4-7,12,29-30H,3,8-11H2,1H3,(H,26,27). The molecule has 4 rings (SSSR count). The first-order chi connectivity index (χ1) is 14.8. The lowest BCUT2D eigenvalue weighted by Crippen LogP contribution is -2.18. The number of nitrogens with zero attached hydrogens (tertiary/aromatic N) is 2. The molecule has 0 fully saturated rings. The fraction of sp³-hybridized carbons (Fsp3) is 0.318. The van der Waals surface area contributed by atoms with Gasteiger partial charge in [0.25, 0.3) is 0 Å². The SMILES string of the molecule is Cc1cc(O)ccc1N1CCc2c(NCCCO)nc3c(OC(F)(F)F)cccc3c21. The van der Waals surface area contributed by atoms with Crippen LogP contribution in [0.5, 0.6) is 11.5 Å². The summed E-state index contributed by atoms with van der Waals surface area (Å²) in [5.74, 6) is 0.257. The minimum absolute atomic E-state index is 0.00989. The van der Waals surface area contributed by atoms with Crippen LogP contribution >= 0.6 is 0 Å². The van der Waals surface area contributed by atoms with Crippen molar-refractivity contribution >= 4 is 28.1 Å². The number of aliphatic hydroxyl groups excluding tert-OH is 1. The highest BCUT2D eigenvalue weighted by Crippen LogP contribution is 2.46.